The van der Waals surface area contributed by atoms with Gasteiger partial charge in [0, 0.05) is 19.1 Å². The molecule has 1 aliphatic carbocycles. The fourth-order valence-electron chi connectivity index (χ4n) is 3.42. The molecule has 2 atom stereocenters. The van der Waals surface area contributed by atoms with Crippen LogP contribution in [0.5, 0.6) is 5.88 Å². The Balaban J connectivity index is 1.87. The number of ether oxygens (including phenoxy) is 1. The second-order valence-electron chi connectivity index (χ2n) is 6.00. The summed E-state index contributed by atoms with van der Waals surface area (Å²) in [6.07, 6.45) is 3.22. The van der Waals surface area contributed by atoms with E-state index in [2.05, 4.69) is 20.4 Å². The lowest BCUT2D eigenvalue weighted by Crippen LogP contribution is -2.33. The molecule has 1 aromatic rings. The summed E-state index contributed by atoms with van der Waals surface area (Å²) in [5.41, 5.74) is 3.96. The summed E-state index contributed by atoms with van der Waals surface area (Å²) in [5, 5.41) is 17.2. The molecule has 0 amide bonds. The van der Waals surface area contributed by atoms with E-state index >= 15 is 0 Å². The number of aliphatic hydroxyl groups is 2. The van der Waals surface area contributed by atoms with Crippen molar-refractivity contribution in [2.24, 2.45) is 5.92 Å². The van der Waals surface area contributed by atoms with Crippen LogP contribution in [0.15, 0.2) is 11.3 Å². The molecular weight excluding hydrogens is 282 g/mol. The number of aromatic nitrogens is 2. The van der Waals surface area contributed by atoms with Crippen molar-refractivity contribution in [3.8, 4) is 5.88 Å². The summed E-state index contributed by atoms with van der Waals surface area (Å²) in [7, 11) is 0. The lowest BCUT2D eigenvalue weighted by Gasteiger charge is -2.30. The first-order chi connectivity index (χ1) is 11.1. The number of aliphatic hydroxyl groups excluding tert-OH is 2. The standard InChI is InChI=1S/C16H23N3O3/c1-9-13-16(18-10(2)17-9)22-15-12(4-3-6-20)8-11(5-7-21)14(15)19-13/h12,15,19-21H,3-8H2,1-2H3/t12-,15-/m0/s1/i20T. The second-order valence-corrected chi connectivity index (χ2v) is 6.00. The molecule has 0 spiro atoms. The monoisotopic (exact) mass is 307 g/mol. The van der Waals surface area contributed by atoms with Crippen molar-refractivity contribution in [3.63, 3.8) is 0 Å². The Morgan fingerprint density at radius 2 is 2.23 bits per heavy atom. The predicted molar refractivity (Wildman–Crippen MR) is 82.7 cm³/mol. The van der Waals surface area contributed by atoms with E-state index in [0.29, 0.717) is 30.7 Å². The molecule has 0 unspecified atom stereocenters. The van der Waals surface area contributed by atoms with Crippen LogP contribution in [0.4, 0.5) is 5.69 Å². The minimum absolute atomic E-state index is 0.0662. The van der Waals surface area contributed by atoms with Gasteiger partial charge < -0.3 is 20.3 Å². The number of nitrogens with zero attached hydrogens (tertiary/aromatic N) is 2. The van der Waals surface area contributed by atoms with E-state index in [1.165, 1.54) is 5.57 Å². The first-order valence-electron chi connectivity index (χ1n) is 8.24. The topological polar surface area (TPSA) is 87.5 Å². The molecule has 3 rings (SSSR count). The normalized spacial score (nSPS) is 23.5. The molecule has 2 aliphatic rings. The Morgan fingerprint density at radius 3 is 3.00 bits per heavy atom. The lowest BCUT2D eigenvalue weighted by atomic mass is 9.96. The molecule has 1 aliphatic heterocycles. The molecule has 3 N–H and O–H groups in total. The van der Waals surface area contributed by atoms with Crippen LogP contribution in [0.2, 0.25) is 0 Å². The van der Waals surface area contributed by atoms with Crippen molar-refractivity contribution in [1.82, 2.24) is 9.97 Å². The van der Waals surface area contributed by atoms with E-state index in [4.69, 9.17) is 6.17 Å². The van der Waals surface area contributed by atoms with E-state index in [0.717, 1.165) is 36.3 Å². The number of hydrogen-bond acceptors (Lipinski definition) is 6. The van der Waals surface area contributed by atoms with Crippen LogP contribution >= 0.6 is 0 Å². The zero-order valence-electron chi connectivity index (χ0n) is 14.1. The average molecular weight is 307 g/mol. The molecule has 22 heavy (non-hydrogen) atoms. The SMILES string of the molecule is [3H]OCCC[C@H]1CC(CCO)=C2Nc3c(C)nc(C)nc3O[C@H]21. The molecule has 2 heterocycles. The van der Waals surface area contributed by atoms with Crippen LogP contribution in [0.3, 0.4) is 0 Å². The van der Waals surface area contributed by atoms with E-state index in [9.17, 15) is 5.11 Å². The van der Waals surface area contributed by atoms with Gasteiger partial charge in [-0.1, -0.05) is 0 Å². The smallest absolute Gasteiger partial charge is 0.242 e. The highest BCUT2D eigenvalue weighted by Crippen LogP contribution is 2.44. The molecule has 1 aromatic heterocycles. The van der Waals surface area contributed by atoms with Gasteiger partial charge in [0.25, 0.3) is 0 Å². The molecule has 0 saturated carbocycles. The predicted octanol–water partition coefficient (Wildman–Crippen LogP) is 1.70. The number of anilines is 1. The van der Waals surface area contributed by atoms with Crippen LogP contribution in [0.1, 0.15) is 37.2 Å². The van der Waals surface area contributed by atoms with E-state index < -0.39 is 0 Å². The summed E-state index contributed by atoms with van der Waals surface area (Å²) in [6, 6.07) is 0. The van der Waals surface area contributed by atoms with Gasteiger partial charge in [0.05, 0.1) is 11.4 Å². The maximum absolute atomic E-state index is 9.33. The van der Waals surface area contributed by atoms with Gasteiger partial charge in [0.2, 0.25) is 7.31 Å². The third-order valence-electron chi connectivity index (χ3n) is 4.40. The third kappa shape index (κ3) is 2.68. The Kier molecular flexibility index (Phi) is 3.95. The van der Waals surface area contributed by atoms with Gasteiger partial charge in [-0.15, -0.1) is 0 Å². The molecular formula is C16H23N3O3. The van der Waals surface area contributed by atoms with Crippen molar-refractivity contribution >= 4 is 5.69 Å². The van der Waals surface area contributed by atoms with Gasteiger partial charge in [-0.25, -0.2) is 4.98 Å². The molecule has 0 bridgehead atoms. The van der Waals surface area contributed by atoms with Crippen LogP contribution in [0.25, 0.3) is 0 Å². The average Bonchev–Trinajstić information content (AvgIpc) is 2.84. The molecule has 0 radical (unpaired) electrons. The van der Waals surface area contributed by atoms with Gasteiger partial charge in [-0.3, -0.25) is 0 Å². The van der Waals surface area contributed by atoms with Crippen molar-refractivity contribution in [2.75, 3.05) is 18.5 Å². The zero-order chi connectivity index (χ0) is 16.4. The highest BCUT2D eigenvalue weighted by molar-refractivity contribution is 5.64. The Labute approximate surface area is 131 Å². The fraction of sp³-hybridized carbons (Fsp3) is 0.625. The van der Waals surface area contributed by atoms with E-state index in [1.807, 2.05) is 13.8 Å². The Morgan fingerprint density at radius 1 is 1.36 bits per heavy atom. The van der Waals surface area contributed by atoms with Crippen LogP contribution < -0.4 is 10.1 Å². The van der Waals surface area contributed by atoms with E-state index in [-0.39, 0.29) is 12.7 Å². The molecule has 6 nitrogen and oxygen atoms in total. The van der Waals surface area contributed by atoms with Gasteiger partial charge in [-0.2, -0.15) is 4.98 Å². The molecule has 120 valence electrons. The first-order valence-corrected chi connectivity index (χ1v) is 7.83. The van der Waals surface area contributed by atoms with Gasteiger partial charge in [-0.05, 0) is 45.1 Å². The number of nitrogens with one attached hydrogen (secondary N) is 1. The highest BCUT2D eigenvalue weighted by Gasteiger charge is 2.40. The molecule has 0 fully saturated rings. The van der Waals surface area contributed by atoms with Crippen molar-refractivity contribution in [2.45, 2.75) is 45.6 Å². The minimum Gasteiger partial charge on any atom is -0.466 e. The fourth-order valence-corrected chi connectivity index (χ4v) is 3.42. The molecule has 6 heteroatoms. The van der Waals surface area contributed by atoms with Gasteiger partial charge in [0.15, 0.2) is 0 Å². The number of hydrogen-bond donors (Lipinski definition) is 3. The maximum Gasteiger partial charge on any atom is 0.242 e. The molecule has 0 saturated heterocycles. The van der Waals surface area contributed by atoms with Crippen LogP contribution in [0, 0.1) is 19.8 Å². The van der Waals surface area contributed by atoms with E-state index in [1.54, 1.807) is 0 Å². The first kappa shape index (κ1) is 14.0. The summed E-state index contributed by atoms with van der Waals surface area (Å²) < 4.78 is 13.0. The zero-order valence-corrected chi connectivity index (χ0v) is 13.1. The quantitative estimate of drug-likeness (QED) is 0.693. The second kappa shape index (κ2) is 6.22. The number of rotatable bonds is 6. The van der Waals surface area contributed by atoms with Crippen LogP contribution in [-0.4, -0.2) is 40.9 Å². The summed E-state index contributed by atoms with van der Waals surface area (Å²) in [4.78, 5) is 8.80. The summed E-state index contributed by atoms with van der Waals surface area (Å²) in [6.45, 7) is 4.36. The highest BCUT2D eigenvalue weighted by atomic mass is 16.5. The Bertz CT molecular complexity index is 621. The van der Waals surface area contributed by atoms with Gasteiger partial charge >= 0.3 is 0 Å². The van der Waals surface area contributed by atoms with Crippen LogP contribution in [-0.2, 0) is 0 Å². The third-order valence-corrected chi connectivity index (χ3v) is 4.40. The van der Waals surface area contributed by atoms with Crippen molar-refractivity contribution < 1.29 is 15.0 Å². The van der Waals surface area contributed by atoms with Crippen molar-refractivity contribution in [3.05, 3.63) is 22.8 Å². The summed E-state index contributed by atoms with van der Waals surface area (Å²) in [5.74, 6) is 1.62. The summed E-state index contributed by atoms with van der Waals surface area (Å²) >= 11 is 0. The largest absolute Gasteiger partial charge is 0.466 e. The maximum atomic E-state index is 9.33. The lowest BCUT2D eigenvalue weighted by molar-refractivity contribution is 0.154. The molecule has 0 aromatic carbocycles. The van der Waals surface area contributed by atoms with Crippen molar-refractivity contribution in [1.29, 1.82) is 1.43 Å². The number of aryl methyl sites for hydroxylation is 2. The number of fused-ring (bicyclic) bond motifs is 2. The Hall–Kier alpha value is -1.66. The minimum atomic E-state index is -0.0662. The van der Waals surface area contributed by atoms with Gasteiger partial charge in [0.1, 0.15) is 17.6 Å².